The molecule has 1 aromatic carbocycles. The number of hydrogen-bond acceptors (Lipinski definition) is 6. The minimum absolute atomic E-state index is 0.0174. The molecule has 0 bridgehead atoms. The molecule has 9 nitrogen and oxygen atoms in total. The lowest BCUT2D eigenvalue weighted by molar-refractivity contribution is -0.117. The molecule has 2 aliphatic rings. The number of H-pyrrole nitrogens is 1. The van der Waals surface area contributed by atoms with Crippen LogP contribution in [0.2, 0.25) is 0 Å². The zero-order valence-corrected chi connectivity index (χ0v) is 14.7. The number of ether oxygens (including phenoxy) is 1. The van der Waals surface area contributed by atoms with Crippen LogP contribution in [-0.4, -0.2) is 49.4 Å². The van der Waals surface area contributed by atoms with Crippen LogP contribution in [0.15, 0.2) is 24.3 Å². The third-order valence-corrected chi connectivity index (χ3v) is 5.70. The smallest absolute Gasteiger partial charge is 0.326 e. The summed E-state index contributed by atoms with van der Waals surface area (Å²) in [6.45, 7) is 0.431. The molecule has 2 aromatic rings. The third kappa shape index (κ3) is 3.04. The Labute approximate surface area is 153 Å². The molecule has 1 saturated heterocycles. The van der Waals surface area contributed by atoms with Crippen LogP contribution in [0.25, 0.3) is 16.8 Å². The molecule has 1 fully saturated rings. The molecule has 1 amide bonds. The number of phenols is 1. The van der Waals surface area contributed by atoms with Crippen LogP contribution in [0.3, 0.4) is 0 Å². The fourth-order valence-corrected chi connectivity index (χ4v) is 4.19. The Bertz CT molecular complexity index is 1060. The van der Waals surface area contributed by atoms with Crippen LogP contribution in [0.1, 0.15) is 12.1 Å². The second kappa shape index (κ2) is 6.35. The Morgan fingerprint density at radius 1 is 1.33 bits per heavy atom. The number of amides is 1. The highest BCUT2D eigenvalue weighted by atomic mass is 32.2. The summed E-state index contributed by atoms with van der Waals surface area (Å²) in [5.74, 6) is -2.39. The zero-order chi connectivity index (χ0) is 19.2. The number of nitrogens with one attached hydrogen (secondary N) is 2. The van der Waals surface area contributed by atoms with Crippen LogP contribution < -0.4 is 9.03 Å². The van der Waals surface area contributed by atoms with Gasteiger partial charge in [-0.2, -0.15) is 13.5 Å². The highest BCUT2D eigenvalue weighted by Crippen LogP contribution is 2.38. The summed E-state index contributed by atoms with van der Waals surface area (Å²) in [4.78, 5) is 11.4. The number of aromatic hydroxyl groups is 1. The first kappa shape index (κ1) is 17.5. The first-order valence-corrected chi connectivity index (χ1v) is 9.48. The van der Waals surface area contributed by atoms with Crippen molar-refractivity contribution in [1.29, 1.82) is 0 Å². The Morgan fingerprint density at radius 2 is 2.15 bits per heavy atom. The van der Waals surface area contributed by atoms with Gasteiger partial charge in [0.15, 0.2) is 5.82 Å². The number of nitrogens with zero attached hydrogens (tertiary/aromatic N) is 2. The topological polar surface area (TPSA) is 125 Å². The van der Waals surface area contributed by atoms with Crippen molar-refractivity contribution in [1.82, 2.24) is 14.9 Å². The number of aromatic amines is 1. The minimum Gasteiger partial charge on any atom is -0.506 e. The van der Waals surface area contributed by atoms with Gasteiger partial charge in [-0.15, -0.1) is 0 Å². The highest BCUT2D eigenvalue weighted by molar-refractivity contribution is 7.92. The standard InChI is InChI=1S/C16H15FN4O5S/c17-15-10(12-7-11(18-19-12)9-3-5-26-6-4-9)1-2-13(22)16(15)21-8-14(23)20-27(21,24)25/h1-3,7,22H,4-6,8H2,(H,18,19)(H,20,23). The number of halogens is 1. The van der Waals surface area contributed by atoms with E-state index in [1.807, 2.05) is 6.08 Å². The van der Waals surface area contributed by atoms with Gasteiger partial charge in [-0.05, 0) is 30.2 Å². The van der Waals surface area contributed by atoms with Gasteiger partial charge in [0.2, 0.25) is 0 Å². The van der Waals surface area contributed by atoms with E-state index in [4.69, 9.17) is 4.74 Å². The van der Waals surface area contributed by atoms with Crippen molar-refractivity contribution in [2.75, 3.05) is 24.1 Å². The number of phenolic OH excluding ortho intramolecular Hbond substituents is 1. The van der Waals surface area contributed by atoms with Gasteiger partial charge in [0, 0.05) is 5.56 Å². The van der Waals surface area contributed by atoms with Crippen molar-refractivity contribution in [2.24, 2.45) is 0 Å². The number of aromatic nitrogens is 2. The van der Waals surface area contributed by atoms with E-state index in [9.17, 15) is 18.3 Å². The number of anilines is 1. The van der Waals surface area contributed by atoms with Gasteiger partial charge >= 0.3 is 10.2 Å². The average molecular weight is 394 g/mol. The van der Waals surface area contributed by atoms with E-state index in [-0.39, 0.29) is 5.56 Å². The van der Waals surface area contributed by atoms with Crippen molar-refractivity contribution < 1.29 is 27.4 Å². The van der Waals surface area contributed by atoms with Gasteiger partial charge in [-0.3, -0.25) is 9.89 Å². The van der Waals surface area contributed by atoms with E-state index in [0.717, 1.165) is 5.57 Å². The van der Waals surface area contributed by atoms with Gasteiger partial charge in [-0.1, -0.05) is 6.08 Å². The monoisotopic (exact) mass is 394 g/mol. The molecule has 0 aliphatic carbocycles. The van der Waals surface area contributed by atoms with Gasteiger partial charge in [-0.25, -0.2) is 13.4 Å². The summed E-state index contributed by atoms with van der Waals surface area (Å²) in [5.41, 5.74) is 1.33. The van der Waals surface area contributed by atoms with E-state index >= 15 is 4.39 Å². The molecule has 1 aromatic heterocycles. The SMILES string of the molecule is O=C1CN(c2c(O)ccc(-c3cc(C4=CCOCC4)n[nH]3)c2F)S(=O)(=O)N1. The van der Waals surface area contributed by atoms with Crippen molar-refractivity contribution in [2.45, 2.75) is 6.42 Å². The van der Waals surface area contributed by atoms with E-state index in [1.165, 1.54) is 12.1 Å². The van der Waals surface area contributed by atoms with E-state index < -0.39 is 39.9 Å². The van der Waals surface area contributed by atoms with Crippen molar-refractivity contribution in [3.05, 3.63) is 35.8 Å². The molecule has 0 saturated carbocycles. The van der Waals surface area contributed by atoms with Crippen molar-refractivity contribution in [3.63, 3.8) is 0 Å². The predicted molar refractivity (Wildman–Crippen MR) is 93.5 cm³/mol. The summed E-state index contributed by atoms with van der Waals surface area (Å²) in [6.07, 6.45) is 2.56. The quantitative estimate of drug-likeness (QED) is 0.711. The Morgan fingerprint density at radius 3 is 2.81 bits per heavy atom. The summed E-state index contributed by atoms with van der Waals surface area (Å²) in [7, 11) is -4.26. The first-order chi connectivity index (χ1) is 12.9. The number of hydrogen-bond donors (Lipinski definition) is 3. The molecule has 0 spiro atoms. The zero-order valence-electron chi connectivity index (χ0n) is 13.9. The maximum absolute atomic E-state index is 15.1. The fraction of sp³-hybridized carbons (Fsp3) is 0.250. The van der Waals surface area contributed by atoms with Crippen molar-refractivity contribution in [3.8, 4) is 17.0 Å². The molecule has 3 heterocycles. The number of rotatable bonds is 3. The second-order valence-electron chi connectivity index (χ2n) is 6.05. The molecular formula is C16H15FN4O5S. The molecular weight excluding hydrogens is 379 g/mol. The van der Waals surface area contributed by atoms with Crippen LogP contribution >= 0.6 is 0 Å². The van der Waals surface area contributed by atoms with Crippen LogP contribution in [0.5, 0.6) is 5.75 Å². The first-order valence-electron chi connectivity index (χ1n) is 8.04. The van der Waals surface area contributed by atoms with E-state index in [0.29, 0.717) is 35.3 Å². The lowest BCUT2D eigenvalue weighted by Gasteiger charge is -2.18. The van der Waals surface area contributed by atoms with Crippen LogP contribution in [0.4, 0.5) is 10.1 Å². The average Bonchev–Trinajstić information content (AvgIpc) is 3.20. The molecule has 0 atom stereocenters. The summed E-state index contributed by atoms with van der Waals surface area (Å²) < 4.78 is 46.6. The van der Waals surface area contributed by atoms with Crippen molar-refractivity contribution >= 4 is 27.4 Å². The summed E-state index contributed by atoms with van der Waals surface area (Å²) in [6, 6.07) is 4.11. The molecule has 0 radical (unpaired) electrons. The number of carbonyl (C=O) groups is 1. The highest BCUT2D eigenvalue weighted by Gasteiger charge is 2.38. The third-order valence-electron chi connectivity index (χ3n) is 4.32. The molecule has 142 valence electrons. The summed E-state index contributed by atoms with van der Waals surface area (Å²) >= 11 is 0. The second-order valence-corrected chi connectivity index (χ2v) is 7.65. The minimum atomic E-state index is -4.26. The molecule has 4 rings (SSSR count). The Kier molecular flexibility index (Phi) is 4.12. The fourth-order valence-electron chi connectivity index (χ4n) is 3.03. The molecule has 3 N–H and O–H groups in total. The van der Waals surface area contributed by atoms with Gasteiger partial charge in [0.25, 0.3) is 5.91 Å². The molecule has 11 heteroatoms. The van der Waals surface area contributed by atoms with E-state index in [1.54, 1.807) is 10.8 Å². The summed E-state index contributed by atoms with van der Waals surface area (Å²) in [5, 5.41) is 16.9. The largest absolute Gasteiger partial charge is 0.506 e. The number of carbonyl (C=O) groups excluding carboxylic acids is 1. The Balaban J connectivity index is 1.77. The van der Waals surface area contributed by atoms with Crippen LogP contribution in [-0.2, 0) is 19.7 Å². The number of benzene rings is 1. The lowest BCUT2D eigenvalue weighted by atomic mass is 10.1. The normalized spacial score (nSPS) is 19.1. The van der Waals surface area contributed by atoms with E-state index in [2.05, 4.69) is 10.2 Å². The van der Waals surface area contributed by atoms with Gasteiger partial charge in [0.1, 0.15) is 18.0 Å². The molecule has 0 unspecified atom stereocenters. The molecule has 27 heavy (non-hydrogen) atoms. The predicted octanol–water partition coefficient (Wildman–Crippen LogP) is 0.906. The van der Waals surface area contributed by atoms with Crippen LogP contribution in [0, 0.1) is 5.82 Å². The lowest BCUT2D eigenvalue weighted by Crippen LogP contribution is -2.30. The molecule has 2 aliphatic heterocycles. The van der Waals surface area contributed by atoms with Gasteiger partial charge in [0.05, 0.1) is 24.6 Å². The Hall–Kier alpha value is -2.92. The van der Waals surface area contributed by atoms with Gasteiger partial charge < -0.3 is 9.84 Å². The maximum atomic E-state index is 15.1. The maximum Gasteiger partial charge on any atom is 0.326 e.